The van der Waals surface area contributed by atoms with Gasteiger partial charge in [-0.3, -0.25) is 10.2 Å². The number of nitrogens with zero attached hydrogens (tertiary/aromatic N) is 1. The number of nitrogens with one attached hydrogen (secondary N) is 2. The lowest BCUT2D eigenvalue weighted by Gasteiger charge is -2.31. The molecule has 234 valence electrons. The van der Waals surface area contributed by atoms with E-state index in [1.165, 1.54) is 0 Å². The van der Waals surface area contributed by atoms with E-state index in [0.717, 1.165) is 36.9 Å². The number of halogens is 2. The van der Waals surface area contributed by atoms with Crippen LogP contribution in [0.25, 0.3) is 0 Å². The Labute approximate surface area is 280 Å². The summed E-state index contributed by atoms with van der Waals surface area (Å²) in [5.41, 5.74) is 8.32. The minimum absolute atomic E-state index is 0.0680. The number of ether oxygens (including phenoxy) is 3. The van der Waals surface area contributed by atoms with E-state index in [-0.39, 0.29) is 12.5 Å². The molecule has 1 heterocycles. The van der Waals surface area contributed by atoms with Crippen molar-refractivity contribution >= 4 is 43.7 Å². The summed E-state index contributed by atoms with van der Waals surface area (Å²) in [6, 6.07) is 30.9. The maximum atomic E-state index is 14.3. The van der Waals surface area contributed by atoms with Gasteiger partial charge in [-0.25, -0.2) is 10.4 Å². The molecule has 1 aliphatic heterocycles. The number of hydrogen-bond donors (Lipinski definition) is 3. The number of aliphatic imine (C=N–C) groups is 1. The van der Waals surface area contributed by atoms with E-state index < -0.39 is 11.6 Å². The Kier molecular flexibility index (Phi) is 11.3. The summed E-state index contributed by atoms with van der Waals surface area (Å²) in [6.45, 7) is 0.990. The molecule has 3 N–H and O–H groups in total. The number of carbonyl (C=O) groups excluding carboxylic acids is 1. The van der Waals surface area contributed by atoms with Crippen LogP contribution in [-0.4, -0.2) is 49.3 Å². The van der Waals surface area contributed by atoms with E-state index in [1.54, 1.807) is 7.11 Å². The molecule has 0 aromatic heterocycles. The van der Waals surface area contributed by atoms with E-state index in [1.807, 2.05) is 97.1 Å². The molecule has 10 heteroatoms. The molecule has 0 bridgehead atoms. The van der Waals surface area contributed by atoms with Gasteiger partial charge in [-0.1, -0.05) is 68.3 Å². The molecular formula is C35H35Br2N3O5. The van der Waals surface area contributed by atoms with Crippen molar-refractivity contribution in [2.45, 2.75) is 30.9 Å². The van der Waals surface area contributed by atoms with Gasteiger partial charge in [0.15, 0.2) is 11.6 Å². The monoisotopic (exact) mass is 735 g/mol. The first-order chi connectivity index (χ1) is 21.9. The van der Waals surface area contributed by atoms with Gasteiger partial charge in [-0.2, -0.15) is 0 Å². The van der Waals surface area contributed by atoms with Crippen molar-refractivity contribution in [3.63, 3.8) is 0 Å². The van der Waals surface area contributed by atoms with Crippen molar-refractivity contribution in [3.8, 4) is 11.5 Å². The van der Waals surface area contributed by atoms with Crippen LogP contribution in [-0.2, 0) is 22.4 Å². The highest BCUT2D eigenvalue weighted by Crippen LogP contribution is 2.43. The molecule has 5 rings (SSSR count). The Hall–Kier alpha value is -3.70. The highest BCUT2D eigenvalue weighted by molar-refractivity contribution is 9.10. The second kappa shape index (κ2) is 15.5. The van der Waals surface area contributed by atoms with Gasteiger partial charge in [-0.05, 0) is 83.8 Å². The molecular weight excluding hydrogens is 702 g/mol. The Morgan fingerprint density at radius 1 is 0.933 bits per heavy atom. The second-order valence-electron chi connectivity index (χ2n) is 10.6. The maximum absolute atomic E-state index is 14.3. The van der Waals surface area contributed by atoms with E-state index in [9.17, 15) is 4.79 Å². The van der Waals surface area contributed by atoms with E-state index in [4.69, 9.17) is 24.3 Å². The van der Waals surface area contributed by atoms with Crippen LogP contribution in [0, 0.1) is 0 Å². The number of methoxy groups -OCH3 is 1. The Morgan fingerprint density at radius 3 is 2.33 bits per heavy atom. The molecule has 0 aliphatic carbocycles. The molecule has 0 unspecified atom stereocenters. The average molecular weight is 737 g/mol. The smallest absolute Gasteiger partial charge is 0.266 e. The standard InChI is InChI=1S/C35H35Br2N3O5/c1-43-31-5-2-4-24(22-31)18-19-38-40-34(42)35(23-25-6-12-28(36)13-7-25)32(26-8-14-29(37)15-9-26)45-33(39-35)27-10-16-30(17-11-27)44-21-3-20-41/h2,4-17,22,32,38,41H,3,18-21,23H2,1H3,(H,40,42)/t32-,35-/m0/s1. The second-order valence-corrected chi connectivity index (χ2v) is 12.5. The van der Waals surface area contributed by atoms with Gasteiger partial charge >= 0.3 is 0 Å². The van der Waals surface area contributed by atoms with E-state index in [0.29, 0.717) is 44.1 Å². The zero-order chi connectivity index (χ0) is 31.6. The number of carbonyl (C=O) groups is 1. The number of amides is 1. The molecule has 1 aliphatic rings. The summed E-state index contributed by atoms with van der Waals surface area (Å²) >= 11 is 7.04. The molecule has 0 fully saturated rings. The summed E-state index contributed by atoms with van der Waals surface area (Å²) in [5, 5.41) is 9.06. The zero-order valence-corrected chi connectivity index (χ0v) is 28.0. The molecule has 2 atom stereocenters. The van der Waals surface area contributed by atoms with Crippen LogP contribution in [0.15, 0.2) is 111 Å². The van der Waals surface area contributed by atoms with Crippen LogP contribution < -0.4 is 20.3 Å². The van der Waals surface area contributed by atoms with Crippen LogP contribution in [0.5, 0.6) is 11.5 Å². The quantitative estimate of drug-likeness (QED) is 0.103. The summed E-state index contributed by atoms with van der Waals surface area (Å²) in [4.78, 5) is 19.4. The van der Waals surface area contributed by atoms with Crippen LogP contribution in [0.1, 0.15) is 34.8 Å². The number of aliphatic hydroxyl groups is 1. The topological polar surface area (TPSA) is 101 Å². The molecule has 0 radical (unpaired) electrons. The van der Waals surface area contributed by atoms with Crippen LogP contribution in [0.3, 0.4) is 0 Å². The lowest BCUT2D eigenvalue weighted by molar-refractivity contribution is -0.130. The SMILES string of the molecule is COc1cccc(CCNNC(=O)[C@@]2(Cc3ccc(Br)cc3)N=C(c3ccc(OCCCO)cc3)O[C@H]2c2ccc(Br)cc2)c1. The fourth-order valence-electron chi connectivity index (χ4n) is 5.12. The molecule has 4 aromatic carbocycles. The van der Waals surface area contributed by atoms with Gasteiger partial charge in [0.1, 0.15) is 11.5 Å². The zero-order valence-electron chi connectivity index (χ0n) is 24.8. The Morgan fingerprint density at radius 2 is 1.64 bits per heavy atom. The van der Waals surface area contributed by atoms with Crippen molar-refractivity contribution in [1.82, 2.24) is 10.9 Å². The third kappa shape index (κ3) is 8.32. The first kappa shape index (κ1) is 32.7. The van der Waals surface area contributed by atoms with Crippen LogP contribution in [0.4, 0.5) is 0 Å². The van der Waals surface area contributed by atoms with Gasteiger partial charge in [0.05, 0.1) is 13.7 Å². The van der Waals surface area contributed by atoms with Crippen molar-refractivity contribution in [2.75, 3.05) is 26.9 Å². The number of benzene rings is 4. The van der Waals surface area contributed by atoms with Gasteiger partial charge in [0.25, 0.3) is 5.91 Å². The van der Waals surface area contributed by atoms with E-state index >= 15 is 0 Å². The lowest BCUT2D eigenvalue weighted by Crippen LogP contribution is -2.54. The Balaban J connectivity index is 1.46. The fraction of sp³-hybridized carbons (Fsp3) is 0.257. The highest BCUT2D eigenvalue weighted by Gasteiger charge is 2.53. The molecule has 4 aromatic rings. The van der Waals surface area contributed by atoms with E-state index in [2.05, 4.69) is 42.7 Å². The van der Waals surface area contributed by atoms with Gasteiger partial charge in [0, 0.05) is 40.5 Å². The van der Waals surface area contributed by atoms with Crippen molar-refractivity contribution in [3.05, 3.63) is 128 Å². The third-order valence-electron chi connectivity index (χ3n) is 7.46. The minimum atomic E-state index is -1.32. The number of aliphatic hydroxyl groups excluding tert-OH is 1. The first-order valence-corrected chi connectivity index (χ1v) is 16.3. The number of hydrogen-bond acceptors (Lipinski definition) is 7. The van der Waals surface area contributed by atoms with Gasteiger partial charge in [-0.15, -0.1) is 0 Å². The van der Waals surface area contributed by atoms with Crippen LogP contribution >= 0.6 is 31.9 Å². The summed E-state index contributed by atoms with van der Waals surface area (Å²) in [6.07, 6.45) is 0.833. The predicted octanol–water partition coefficient (Wildman–Crippen LogP) is 6.34. The predicted molar refractivity (Wildman–Crippen MR) is 182 cm³/mol. The third-order valence-corrected chi connectivity index (χ3v) is 8.52. The average Bonchev–Trinajstić information content (AvgIpc) is 3.45. The largest absolute Gasteiger partial charge is 0.497 e. The van der Waals surface area contributed by atoms with Gasteiger partial charge < -0.3 is 19.3 Å². The molecule has 0 spiro atoms. The van der Waals surface area contributed by atoms with Crippen LogP contribution in [0.2, 0.25) is 0 Å². The molecule has 45 heavy (non-hydrogen) atoms. The molecule has 0 saturated carbocycles. The Bertz CT molecular complexity index is 1600. The number of hydrazine groups is 1. The van der Waals surface area contributed by atoms with Crippen molar-refractivity contribution in [2.24, 2.45) is 4.99 Å². The molecule has 1 amide bonds. The molecule has 8 nitrogen and oxygen atoms in total. The minimum Gasteiger partial charge on any atom is -0.497 e. The number of rotatable bonds is 14. The fourth-order valence-corrected chi connectivity index (χ4v) is 5.65. The first-order valence-electron chi connectivity index (χ1n) is 14.7. The highest BCUT2D eigenvalue weighted by atomic mass is 79.9. The summed E-state index contributed by atoms with van der Waals surface area (Å²) in [5.74, 6) is 1.53. The van der Waals surface area contributed by atoms with Gasteiger partial charge in [0.2, 0.25) is 5.90 Å². The normalized spacial score (nSPS) is 17.3. The maximum Gasteiger partial charge on any atom is 0.266 e. The van der Waals surface area contributed by atoms with Crippen molar-refractivity contribution in [1.29, 1.82) is 0 Å². The lowest BCUT2D eigenvalue weighted by atomic mass is 9.82. The summed E-state index contributed by atoms with van der Waals surface area (Å²) < 4.78 is 19.5. The van der Waals surface area contributed by atoms with Crippen molar-refractivity contribution < 1.29 is 24.1 Å². The molecule has 0 saturated heterocycles. The summed E-state index contributed by atoms with van der Waals surface area (Å²) in [7, 11) is 1.64.